The zero-order valence-corrected chi connectivity index (χ0v) is 15.5. The highest BCUT2D eigenvalue weighted by atomic mass is 16.6. The lowest BCUT2D eigenvalue weighted by Crippen LogP contribution is -2.41. The van der Waals surface area contributed by atoms with Gasteiger partial charge in [0.2, 0.25) is 11.8 Å². The van der Waals surface area contributed by atoms with Gasteiger partial charge in [-0.15, -0.1) is 0 Å². The van der Waals surface area contributed by atoms with Crippen molar-refractivity contribution in [3.05, 3.63) is 38.4 Å². The number of anilines is 1. The average molecular weight is 419 g/mol. The molecule has 0 unspecified atom stereocenters. The van der Waals surface area contributed by atoms with Crippen molar-refractivity contribution in [1.29, 1.82) is 0 Å². The average Bonchev–Trinajstić information content (AvgIpc) is 3.37. The van der Waals surface area contributed by atoms with Crippen molar-refractivity contribution in [1.82, 2.24) is 10.2 Å². The number of hydrogen-bond donors (Lipinski definition) is 2. The molecule has 1 aromatic rings. The molecule has 13 heteroatoms. The van der Waals surface area contributed by atoms with Crippen LogP contribution in [0.3, 0.4) is 0 Å². The third kappa shape index (κ3) is 3.22. The van der Waals surface area contributed by atoms with Gasteiger partial charge in [0, 0.05) is 19.2 Å². The topological polar surface area (TPSA) is 174 Å². The van der Waals surface area contributed by atoms with Gasteiger partial charge in [-0.25, -0.2) is 4.79 Å². The Hall–Kier alpha value is -3.61. The smallest absolute Gasteiger partial charge is 0.319 e. The van der Waals surface area contributed by atoms with E-state index in [0.29, 0.717) is 0 Å². The Bertz CT molecular complexity index is 937. The van der Waals surface area contributed by atoms with E-state index in [-0.39, 0.29) is 42.8 Å². The van der Waals surface area contributed by atoms with E-state index >= 15 is 0 Å². The van der Waals surface area contributed by atoms with Gasteiger partial charge in [0.1, 0.15) is 5.69 Å². The number of rotatable bonds is 6. The molecule has 1 aromatic carbocycles. The highest BCUT2D eigenvalue weighted by Gasteiger charge is 2.62. The molecule has 2 N–H and O–H groups in total. The van der Waals surface area contributed by atoms with Gasteiger partial charge < -0.3 is 15.4 Å². The lowest BCUT2D eigenvalue weighted by Gasteiger charge is -2.17. The number of nitrogens with one attached hydrogen (secondary N) is 2. The number of fused-ring (bicyclic) bond motifs is 5. The van der Waals surface area contributed by atoms with E-state index in [1.165, 1.54) is 0 Å². The first-order valence-electron chi connectivity index (χ1n) is 9.26. The van der Waals surface area contributed by atoms with Crippen LogP contribution < -0.4 is 10.6 Å². The summed E-state index contributed by atoms with van der Waals surface area (Å²) in [5.41, 5.74) is -1.34. The summed E-state index contributed by atoms with van der Waals surface area (Å²) in [6.07, 6.45) is 1.07. The van der Waals surface area contributed by atoms with Gasteiger partial charge in [0.25, 0.3) is 11.4 Å². The summed E-state index contributed by atoms with van der Waals surface area (Å²) in [4.78, 5) is 58.5. The van der Waals surface area contributed by atoms with Crippen LogP contribution in [0.15, 0.2) is 18.2 Å². The molecule has 3 aliphatic rings. The third-order valence-electron chi connectivity index (χ3n) is 5.63. The van der Waals surface area contributed by atoms with Crippen LogP contribution in [0.25, 0.3) is 0 Å². The summed E-state index contributed by atoms with van der Waals surface area (Å²) in [6.45, 7) is -0.0837. The van der Waals surface area contributed by atoms with E-state index in [4.69, 9.17) is 4.74 Å². The molecule has 0 aromatic heterocycles. The van der Waals surface area contributed by atoms with Crippen LogP contribution in [-0.4, -0.2) is 57.9 Å². The Morgan fingerprint density at radius 2 is 1.73 bits per heavy atom. The molecule has 0 saturated carbocycles. The molecule has 0 aliphatic carbocycles. The molecule has 4 rings (SSSR count). The van der Waals surface area contributed by atoms with Crippen molar-refractivity contribution in [3.8, 4) is 0 Å². The minimum Gasteiger partial charge on any atom is -0.373 e. The zero-order chi connectivity index (χ0) is 21.6. The summed E-state index contributed by atoms with van der Waals surface area (Å²) in [5, 5.41) is 26.5. The number of imide groups is 1. The van der Waals surface area contributed by atoms with Crippen LogP contribution >= 0.6 is 0 Å². The van der Waals surface area contributed by atoms with Gasteiger partial charge in [-0.3, -0.25) is 34.7 Å². The van der Waals surface area contributed by atoms with Crippen LogP contribution in [0, 0.1) is 32.1 Å². The molecule has 3 heterocycles. The first kappa shape index (κ1) is 19.7. The number of nitro benzene ring substituents is 2. The Morgan fingerprint density at radius 3 is 2.30 bits per heavy atom. The van der Waals surface area contributed by atoms with Crippen molar-refractivity contribution >= 4 is 34.9 Å². The van der Waals surface area contributed by atoms with Gasteiger partial charge in [-0.05, 0) is 18.9 Å². The number of non-ortho nitro benzene ring substituents is 1. The predicted molar refractivity (Wildman–Crippen MR) is 98.4 cm³/mol. The molecule has 3 fully saturated rings. The fraction of sp³-hybridized carbons (Fsp3) is 0.471. The van der Waals surface area contributed by atoms with Crippen molar-refractivity contribution < 1.29 is 29.0 Å². The first-order chi connectivity index (χ1) is 14.3. The van der Waals surface area contributed by atoms with Crippen LogP contribution in [0.2, 0.25) is 0 Å². The van der Waals surface area contributed by atoms with Gasteiger partial charge in [-0.1, -0.05) is 0 Å². The lowest BCUT2D eigenvalue weighted by atomic mass is 9.81. The van der Waals surface area contributed by atoms with E-state index in [2.05, 4.69) is 10.6 Å². The normalized spacial score (nSPS) is 26.6. The maximum absolute atomic E-state index is 12.5. The number of urea groups is 1. The number of ether oxygens (including phenoxy) is 1. The van der Waals surface area contributed by atoms with Crippen molar-refractivity contribution in [3.63, 3.8) is 0 Å². The molecule has 30 heavy (non-hydrogen) atoms. The molecule has 13 nitrogen and oxygen atoms in total. The highest BCUT2D eigenvalue weighted by Crippen LogP contribution is 2.48. The number of nitrogens with zero attached hydrogens (tertiary/aromatic N) is 3. The van der Waals surface area contributed by atoms with Crippen LogP contribution in [0.5, 0.6) is 0 Å². The minimum atomic E-state index is -0.848. The zero-order valence-electron chi connectivity index (χ0n) is 15.5. The summed E-state index contributed by atoms with van der Waals surface area (Å²) >= 11 is 0. The quantitative estimate of drug-likeness (QED) is 0.386. The molecular formula is C17H17N5O8. The second-order valence-corrected chi connectivity index (χ2v) is 7.27. The van der Waals surface area contributed by atoms with Crippen LogP contribution in [0.1, 0.15) is 12.8 Å². The van der Waals surface area contributed by atoms with Gasteiger partial charge in [-0.2, -0.15) is 0 Å². The fourth-order valence-electron chi connectivity index (χ4n) is 4.33. The Balaban J connectivity index is 1.34. The lowest BCUT2D eigenvalue weighted by molar-refractivity contribution is -0.393. The molecule has 2 bridgehead atoms. The third-order valence-corrected chi connectivity index (χ3v) is 5.63. The molecule has 0 radical (unpaired) electrons. The number of amides is 4. The van der Waals surface area contributed by atoms with Gasteiger partial charge in [0.15, 0.2) is 0 Å². The summed E-state index contributed by atoms with van der Waals surface area (Å²) in [7, 11) is 0. The van der Waals surface area contributed by atoms with E-state index in [1.54, 1.807) is 0 Å². The first-order valence-corrected chi connectivity index (χ1v) is 9.26. The van der Waals surface area contributed by atoms with E-state index in [0.717, 1.165) is 35.9 Å². The fourth-order valence-corrected chi connectivity index (χ4v) is 4.33. The summed E-state index contributed by atoms with van der Waals surface area (Å²) in [6, 6.07) is 2.01. The van der Waals surface area contributed by atoms with E-state index in [9.17, 15) is 34.6 Å². The highest BCUT2D eigenvalue weighted by molar-refractivity contribution is 6.06. The van der Waals surface area contributed by atoms with E-state index < -0.39 is 39.1 Å². The standard InChI is InChI=1S/C17H17N5O8/c23-15-13-11-3-4-12(30-11)14(13)16(24)20(15)6-5-18-17(25)19-9-2-1-8(21(26)27)7-10(9)22(28)29/h1-2,7,11-14H,3-6H2,(H2,18,19,25)/t11-,12-,13-,14-/m0/s1. The number of nitro groups is 2. The van der Waals surface area contributed by atoms with Gasteiger partial charge in [0.05, 0.1) is 40.0 Å². The molecule has 4 amide bonds. The number of carbonyl (C=O) groups is 3. The Morgan fingerprint density at radius 1 is 1.10 bits per heavy atom. The van der Waals surface area contributed by atoms with Crippen LogP contribution in [-0.2, 0) is 14.3 Å². The largest absolute Gasteiger partial charge is 0.373 e. The maximum Gasteiger partial charge on any atom is 0.319 e. The Labute approximate surface area is 168 Å². The summed E-state index contributed by atoms with van der Waals surface area (Å²) in [5.74, 6) is -1.50. The number of likely N-dealkylation sites (tertiary alicyclic amines) is 1. The molecule has 3 aliphatic heterocycles. The number of benzene rings is 1. The maximum atomic E-state index is 12.5. The molecule has 158 valence electrons. The monoisotopic (exact) mass is 419 g/mol. The van der Waals surface area contributed by atoms with Crippen molar-refractivity contribution in [2.24, 2.45) is 11.8 Å². The molecular weight excluding hydrogens is 402 g/mol. The minimum absolute atomic E-state index is 0.0279. The molecule has 4 atom stereocenters. The van der Waals surface area contributed by atoms with Crippen molar-refractivity contribution in [2.75, 3.05) is 18.4 Å². The SMILES string of the molecule is O=C(NCCN1C(=O)[C@@H]2[C@@H](C1=O)[C@@H]1CC[C@@H]2O1)Nc1ccc([N+](=O)[O-])cc1[N+](=O)[O-]. The molecule has 0 spiro atoms. The number of carbonyl (C=O) groups excluding carboxylic acids is 3. The second-order valence-electron chi connectivity index (χ2n) is 7.27. The summed E-state index contributed by atoms with van der Waals surface area (Å²) < 4.78 is 5.65. The predicted octanol–water partition coefficient (Wildman–Crippen LogP) is 0.787. The van der Waals surface area contributed by atoms with E-state index in [1.807, 2.05) is 0 Å². The molecule has 3 saturated heterocycles. The van der Waals surface area contributed by atoms with Gasteiger partial charge >= 0.3 is 6.03 Å². The van der Waals surface area contributed by atoms with Crippen molar-refractivity contribution in [2.45, 2.75) is 25.0 Å². The second kappa shape index (κ2) is 7.33. The Kier molecular flexibility index (Phi) is 4.81. The van der Waals surface area contributed by atoms with Crippen LogP contribution in [0.4, 0.5) is 21.9 Å². The number of hydrogen-bond acceptors (Lipinski definition) is 8.